The highest BCUT2D eigenvalue weighted by molar-refractivity contribution is 6.32. The SMILES string of the molecule is CNCCN(C)c1nc(N)c(C(=O)N=C(N)N)nc1Cl.Cl. The minimum absolute atomic E-state index is 0. The zero-order chi connectivity index (χ0) is 15.3. The van der Waals surface area contributed by atoms with Crippen molar-refractivity contribution < 1.29 is 4.79 Å². The van der Waals surface area contributed by atoms with E-state index >= 15 is 0 Å². The average Bonchev–Trinajstić information content (AvgIpc) is 2.37. The highest BCUT2D eigenvalue weighted by Crippen LogP contribution is 2.23. The Hall–Kier alpha value is -1.84. The fourth-order valence-corrected chi connectivity index (χ4v) is 1.65. The van der Waals surface area contributed by atoms with Crippen molar-refractivity contribution >= 4 is 47.5 Å². The smallest absolute Gasteiger partial charge is 0.302 e. The highest BCUT2D eigenvalue weighted by Gasteiger charge is 2.18. The number of nitrogen functional groups attached to an aromatic ring is 1. The zero-order valence-corrected chi connectivity index (χ0v) is 13.2. The molecule has 0 saturated heterocycles. The van der Waals surface area contributed by atoms with Crippen LogP contribution in [0, 0.1) is 0 Å². The number of anilines is 2. The molecule has 0 aliphatic rings. The summed E-state index contributed by atoms with van der Waals surface area (Å²) in [5.41, 5.74) is 15.7. The molecule has 0 aliphatic carbocycles. The van der Waals surface area contributed by atoms with Gasteiger partial charge in [-0.2, -0.15) is 4.99 Å². The van der Waals surface area contributed by atoms with Crippen LogP contribution in [0.5, 0.6) is 0 Å². The Bertz CT molecular complexity index is 532. The van der Waals surface area contributed by atoms with Gasteiger partial charge < -0.3 is 27.4 Å². The van der Waals surface area contributed by atoms with Crippen LogP contribution in [0.25, 0.3) is 0 Å². The molecule has 0 radical (unpaired) electrons. The Balaban J connectivity index is 0.00000400. The number of likely N-dealkylation sites (N-methyl/N-ethyl adjacent to an activating group) is 2. The molecule has 0 aromatic carbocycles. The maximum atomic E-state index is 11.7. The first-order chi connectivity index (χ1) is 9.36. The van der Waals surface area contributed by atoms with Crippen molar-refractivity contribution in [2.45, 2.75) is 0 Å². The molecular formula is C10H18Cl2N8O. The van der Waals surface area contributed by atoms with Crippen LogP contribution >= 0.6 is 24.0 Å². The monoisotopic (exact) mass is 336 g/mol. The normalized spacial score (nSPS) is 9.67. The summed E-state index contributed by atoms with van der Waals surface area (Å²) in [4.78, 5) is 24.7. The average molecular weight is 337 g/mol. The first kappa shape index (κ1) is 19.2. The second-order valence-corrected chi connectivity index (χ2v) is 4.30. The molecule has 11 heteroatoms. The molecule has 0 unspecified atom stereocenters. The highest BCUT2D eigenvalue weighted by atomic mass is 35.5. The van der Waals surface area contributed by atoms with E-state index in [1.807, 2.05) is 7.05 Å². The van der Waals surface area contributed by atoms with Crippen LogP contribution in [0.1, 0.15) is 10.5 Å². The van der Waals surface area contributed by atoms with Gasteiger partial charge >= 0.3 is 5.91 Å². The number of hydrogen-bond donors (Lipinski definition) is 4. The third-order valence-corrected chi connectivity index (χ3v) is 2.61. The van der Waals surface area contributed by atoms with Crippen LogP contribution in [0.15, 0.2) is 4.99 Å². The molecule has 9 nitrogen and oxygen atoms in total. The van der Waals surface area contributed by atoms with E-state index < -0.39 is 5.91 Å². The summed E-state index contributed by atoms with van der Waals surface area (Å²) in [6.45, 7) is 1.37. The molecule has 0 atom stereocenters. The number of aromatic nitrogens is 2. The number of halogens is 2. The van der Waals surface area contributed by atoms with Crippen molar-refractivity contribution in [1.29, 1.82) is 0 Å². The molecule has 1 aromatic rings. The Morgan fingerprint density at radius 2 is 2.05 bits per heavy atom. The Labute approximate surface area is 133 Å². The van der Waals surface area contributed by atoms with Gasteiger partial charge in [0.05, 0.1) is 0 Å². The van der Waals surface area contributed by atoms with Gasteiger partial charge in [0.25, 0.3) is 0 Å². The number of aliphatic imine (C=N–C) groups is 1. The molecule has 0 fully saturated rings. The summed E-state index contributed by atoms with van der Waals surface area (Å²) >= 11 is 6.00. The van der Waals surface area contributed by atoms with Crippen molar-refractivity contribution in [2.24, 2.45) is 16.5 Å². The van der Waals surface area contributed by atoms with Crippen LogP contribution in [0.2, 0.25) is 5.15 Å². The van der Waals surface area contributed by atoms with Crippen molar-refractivity contribution in [3.63, 3.8) is 0 Å². The lowest BCUT2D eigenvalue weighted by Crippen LogP contribution is -2.29. The van der Waals surface area contributed by atoms with Crippen LogP contribution < -0.4 is 27.4 Å². The van der Waals surface area contributed by atoms with Crippen LogP contribution in [0.3, 0.4) is 0 Å². The van der Waals surface area contributed by atoms with E-state index in [0.29, 0.717) is 12.4 Å². The second-order valence-electron chi connectivity index (χ2n) is 3.94. The molecule has 7 N–H and O–H groups in total. The summed E-state index contributed by atoms with van der Waals surface area (Å²) in [6.07, 6.45) is 0. The fraction of sp³-hybridized carbons (Fsp3) is 0.400. The van der Waals surface area contributed by atoms with Gasteiger partial charge in [-0.25, -0.2) is 9.97 Å². The third kappa shape index (κ3) is 5.21. The first-order valence-electron chi connectivity index (χ1n) is 5.69. The number of carbonyl (C=O) groups is 1. The lowest BCUT2D eigenvalue weighted by Gasteiger charge is -2.19. The van der Waals surface area contributed by atoms with E-state index in [-0.39, 0.29) is 35.0 Å². The standard InChI is InChI=1S/C10H17ClN8O.ClH/c1-15-3-4-19(2)8-6(11)16-5(7(12)17-8)9(20)18-10(13)14;/h15H,3-4H2,1-2H3,(H2,12,17)(H4,13,14,18,20);1H. The van der Waals surface area contributed by atoms with Crippen molar-refractivity contribution in [3.05, 3.63) is 10.8 Å². The molecule has 0 aliphatic heterocycles. The largest absolute Gasteiger partial charge is 0.382 e. The molecule has 118 valence electrons. The van der Waals surface area contributed by atoms with Gasteiger partial charge in [-0.1, -0.05) is 11.6 Å². The molecule has 21 heavy (non-hydrogen) atoms. The zero-order valence-electron chi connectivity index (χ0n) is 11.6. The van der Waals surface area contributed by atoms with E-state index in [9.17, 15) is 4.79 Å². The maximum Gasteiger partial charge on any atom is 0.302 e. The Morgan fingerprint density at radius 1 is 1.43 bits per heavy atom. The predicted molar refractivity (Wildman–Crippen MR) is 86.0 cm³/mol. The number of carbonyl (C=O) groups excluding carboxylic acids is 1. The van der Waals surface area contributed by atoms with Crippen LogP contribution in [-0.4, -0.2) is 49.0 Å². The molecular weight excluding hydrogens is 319 g/mol. The van der Waals surface area contributed by atoms with E-state index in [0.717, 1.165) is 6.54 Å². The maximum absolute atomic E-state index is 11.7. The van der Waals surface area contributed by atoms with Gasteiger partial charge in [0.2, 0.25) is 0 Å². The minimum atomic E-state index is -0.790. The predicted octanol–water partition coefficient (Wildman–Crippen LogP) is -0.797. The van der Waals surface area contributed by atoms with Crippen LogP contribution in [0.4, 0.5) is 11.6 Å². The third-order valence-electron chi connectivity index (χ3n) is 2.36. The number of nitrogens with one attached hydrogen (secondary N) is 1. The van der Waals surface area contributed by atoms with Gasteiger partial charge in [-0.05, 0) is 7.05 Å². The Kier molecular flexibility index (Phi) is 7.71. The van der Waals surface area contributed by atoms with Gasteiger partial charge in [-0.15, -0.1) is 12.4 Å². The van der Waals surface area contributed by atoms with E-state index in [1.165, 1.54) is 0 Å². The first-order valence-corrected chi connectivity index (χ1v) is 6.07. The number of nitrogens with two attached hydrogens (primary N) is 3. The quantitative estimate of drug-likeness (QED) is 0.403. The second kappa shape index (κ2) is 8.45. The summed E-state index contributed by atoms with van der Waals surface area (Å²) in [7, 11) is 3.61. The van der Waals surface area contributed by atoms with Crippen LogP contribution in [-0.2, 0) is 0 Å². The minimum Gasteiger partial charge on any atom is -0.382 e. The topological polar surface area (TPSA) is 149 Å². The lowest BCUT2D eigenvalue weighted by molar-refractivity contribution is 0.0998. The van der Waals surface area contributed by atoms with Crippen molar-refractivity contribution in [3.8, 4) is 0 Å². The Morgan fingerprint density at radius 3 is 2.57 bits per heavy atom. The van der Waals surface area contributed by atoms with Crippen molar-refractivity contribution in [1.82, 2.24) is 15.3 Å². The number of rotatable bonds is 5. The summed E-state index contributed by atoms with van der Waals surface area (Å²) in [5.74, 6) is -0.889. The lowest BCUT2D eigenvalue weighted by atomic mass is 10.4. The van der Waals surface area contributed by atoms with E-state index in [2.05, 4.69) is 20.3 Å². The van der Waals surface area contributed by atoms with Gasteiger partial charge in [0.15, 0.2) is 28.4 Å². The fourth-order valence-electron chi connectivity index (χ4n) is 1.37. The van der Waals surface area contributed by atoms with Crippen molar-refractivity contribution in [2.75, 3.05) is 37.8 Å². The molecule has 0 bridgehead atoms. The number of nitrogens with zero attached hydrogens (tertiary/aromatic N) is 4. The van der Waals surface area contributed by atoms with E-state index in [4.69, 9.17) is 28.8 Å². The summed E-state index contributed by atoms with van der Waals surface area (Å²) in [6, 6.07) is 0. The summed E-state index contributed by atoms with van der Waals surface area (Å²) in [5, 5.41) is 3.04. The molecule has 1 heterocycles. The molecule has 0 saturated carbocycles. The molecule has 0 spiro atoms. The molecule has 1 aromatic heterocycles. The molecule has 1 amide bonds. The number of guanidine groups is 1. The van der Waals surface area contributed by atoms with Gasteiger partial charge in [0.1, 0.15) is 0 Å². The van der Waals surface area contributed by atoms with E-state index in [1.54, 1.807) is 11.9 Å². The van der Waals surface area contributed by atoms with Gasteiger partial charge in [0, 0.05) is 20.1 Å². The number of amides is 1. The van der Waals surface area contributed by atoms with Gasteiger partial charge in [-0.3, -0.25) is 4.79 Å². The number of hydrogen-bond acceptors (Lipinski definition) is 6. The summed E-state index contributed by atoms with van der Waals surface area (Å²) < 4.78 is 0. The molecule has 1 rings (SSSR count).